The van der Waals surface area contributed by atoms with E-state index in [1.807, 2.05) is 0 Å². The zero-order valence-electron chi connectivity index (χ0n) is 12.1. The first-order valence-electron chi connectivity index (χ1n) is 5.89. The second-order valence-corrected chi connectivity index (χ2v) is 4.23. The second kappa shape index (κ2) is 7.22. The van der Waals surface area contributed by atoms with E-state index in [1.165, 1.54) is 29.3 Å². The third-order valence-electron chi connectivity index (χ3n) is 1.99. The van der Waals surface area contributed by atoms with Crippen LogP contribution in [0.25, 0.3) is 0 Å². The molecule has 0 fully saturated rings. The molecule has 0 aliphatic heterocycles. The first-order chi connectivity index (χ1) is 9.47. The molecule has 0 spiro atoms. The highest BCUT2D eigenvalue weighted by molar-refractivity contribution is 6.66. The molecule has 20 heavy (non-hydrogen) atoms. The van der Waals surface area contributed by atoms with Crippen molar-refractivity contribution in [2.75, 3.05) is 21.2 Å². The second-order valence-electron chi connectivity index (χ2n) is 4.23. The van der Waals surface area contributed by atoms with Crippen molar-refractivity contribution >= 4 is 17.5 Å². The highest BCUT2D eigenvalue weighted by Gasteiger charge is 2.24. The van der Waals surface area contributed by atoms with Crippen molar-refractivity contribution in [2.24, 2.45) is 10.3 Å². The highest BCUT2D eigenvalue weighted by Crippen LogP contribution is 1.98. The topological polar surface area (TPSA) is 94.2 Å². The van der Waals surface area contributed by atoms with Crippen LogP contribution in [0.4, 0.5) is 0 Å². The van der Waals surface area contributed by atoms with Gasteiger partial charge in [-0.1, -0.05) is 10.3 Å². The summed E-state index contributed by atoms with van der Waals surface area (Å²) in [6, 6.07) is 0. The van der Waals surface area contributed by atoms with Gasteiger partial charge in [-0.05, 0) is 13.8 Å². The van der Waals surface area contributed by atoms with Gasteiger partial charge in [0.2, 0.25) is 11.5 Å². The Morgan fingerprint density at radius 1 is 1.35 bits per heavy atom. The summed E-state index contributed by atoms with van der Waals surface area (Å²) in [7, 11) is 4.55. The molecule has 0 radical (unpaired) electrons. The number of hydrogen-bond donors (Lipinski definition) is 0. The van der Waals surface area contributed by atoms with Gasteiger partial charge >= 0.3 is 0 Å². The number of rotatable bonds is 5. The Labute approximate surface area is 116 Å². The number of aromatic nitrogens is 3. The molecule has 1 aromatic heterocycles. The molecule has 0 aromatic carbocycles. The van der Waals surface area contributed by atoms with E-state index in [0.29, 0.717) is 0 Å². The minimum atomic E-state index is -0.392. The fourth-order valence-corrected chi connectivity index (χ4v) is 1.14. The Morgan fingerprint density at radius 3 is 2.50 bits per heavy atom. The molecule has 0 saturated carbocycles. The van der Waals surface area contributed by atoms with E-state index in [2.05, 4.69) is 20.4 Å². The molecular weight excluding hydrogens is 264 g/mol. The first kappa shape index (κ1) is 15.6. The smallest absolute Gasteiger partial charge is 0.279 e. The van der Waals surface area contributed by atoms with Gasteiger partial charge in [0.1, 0.15) is 25.9 Å². The summed E-state index contributed by atoms with van der Waals surface area (Å²) in [6.45, 7) is 3.59. The Kier molecular flexibility index (Phi) is 5.63. The quantitative estimate of drug-likeness (QED) is 0.429. The zero-order valence-corrected chi connectivity index (χ0v) is 12.1. The van der Waals surface area contributed by atoms with Gasteiger partial charge < -0.3 is 14.6 Å². The van der Waals surface area contributed by atoms with Crippen LogP contribution in [-0.4, -0.2) is 64.4 Å². The number of amides is 1. The van der Waals surface area contributed by atoms with Crippen LogP contribution in [0.1, 0.15) is 13.8 Å². The molecule has 1 rings (SSSR count). The number of nitrogens with zero attached hydrogens (tertiary/aromatic N) is 6. The van der Waals surface area contributed by atoms with E-state index >= 15 is 0 Å². The van der Waals surface area contributed by atoms with Crippen molar-refractivity contribution in [2.45, 2.75) is 20.0 Å². The molecule has 1 aromatic rings. The lowest BCUT2D eigenvalue weighted by atomic mass is 10.3. The minimum absolute atomic E-state index is 0.0314. The van der Waals surface area contributed by atoms with Gasteiger partial charge in [-0.25, -0.2) is 4.98 Å². The normalized spacial score (nSPS) is 12.5. The van der Waals surface area contributed by atoms with Crippen molar-refractivity contribution < 1.29 is 14.5 Å². The number of oxime groups is 2. The maximum atomic E-state index is 12.2. The molecule has 1 heterocycles. The monoisotopic (exact) mass is 282 g/mol. The lowest BCUT2D eigenvalue weighted by Crippen LogP contribution is -2.38. The maximum absolute atomic E-state index is 12.2. The molecule has 0 N–H and O–H groups in total. The van der Waals surface area contributed by atoms with Crippen molar-refractivity contribution in [1.82, 2.24) is 19.7 Å². The van der Waals surface area contributed by atoms with E-state index in [4.69, 9.17) is 9.68 Å². The zero-order chi connectivity index (χ0) is 15.1. The average Bonchev–Trinajstić information content (AvgIpc) is 2.90. The predicted octanol–water partition coefficient (Wildman–Crippen LogP) is -0.0447. The Hall–Kier alpha value is -2.45. The molecule has 110 valence electrons. The van der Waals surface area contributed by atoms with Crippen molar-refractivity contribution in [3.05, 3.63) is 12.7 Å². The number of carbonyl (C=O) groups is 1. The Morgan fingerprint density at radius 2 is 2.05 bits per heavy atom. The molecule has 1 amide bonds. The Bertz CT molecular complexity index is 492. The lowest BCUT2D eigenvalue weighted by molar-refractivity contribution is -0.121. The highest BCUT2D eigenvalue weighted by atomic mass is 16.6. The fraction of sp³-hybridized carbons (Fsp3) is 0.545. The van der Waals surface area contributed by atoms with E-state index in [0.717, 1.165) is 0 Å². The van der Waals surface area contributed by atoms with E-state index in [1.54, 1.807) is 27.9 Å². The van der Waals surface area contributed by atoms with E-state index < -0.39 is 5.91 Å². The van der Waals surface area contributed by atoms with Crippen LogP contribution in [0.3, 0.4) is 0 Å². The van der Waals surface area contributed by atoms with Gasteiger partial charge in [0.05, 0.1) is 0 Å². The molecule has 9 heteroatoms. The molecule has 0 aliphatic rings. The summed E-state index contributed by atoms with van der Waals surface area (Å²) in [4.78, 5) is 27.2. The fourth-order valence-electron chi connectivity index (χ4n) is 1.14. The van der Waals surface area contributed by atoms with E-state index in [9.17, 15) is 4.79 Å². The first-order valence-corrected chi connectivity index (χ1v) is 5.89. The average molecular weight is 282 g/mol. The van der Waals surface area contributed by atoms with Gasteiger partial charge in [0, 0.05) is 14.1 Å². The van der Waals surface area contributed by atoms with E-state index in [-0.39, 0.29) is 17.7 Å². The SMILES string of the molecule is CON=C(C(=NOC(C)C)C(=O)N(C)C)n1cncn1. The summed E-state index contributed by atoms with van der Waals surface area (Å²) < 4.78 is 1.27. The number of carbonyl (C=O) groups excluding carboxylic acids is 1. The number of hydrogen-bond acceptors (Lipinski definition) is 7. The molecule has 0 aliphatic carbocycles. The van der Waals surface area contributed by atoms with Crippen LogP contribution < -0.4 is 0 Å². The summed E-state index contributed by atoms with van der Waals surface area (Å²) in [5.41, 5.74) is -0.0314. The minimum Gasteiger partial charge on any atom is -0.397 e. The molecule has 9 nitrogen and oxygen atoms in total. The molecule has 0 atom stereocenters. The maximum Gasteiger partial charge on any atom is 0.279 e. The van der Waals surface area contributed by atoms with Crippen LogP contribution in [0.15, 0.2) is 23.0 Å². The molecule has 0 bridgehead atoms. The van der Waals surface area contributed by atoms with Crippen molar-refractivity contribution in [3.8, 4) is 0 Å². The van der Waals surface area contributed by atoms with Crippen LogP contribution in [0.5, 0.6) is 0 Å². The molecule has 0 unspecified atom stereocenters. The van der Waals surface area contributed by atoms with Crippen LogP contribution in [-0.2, 0) is 14.5 Å². The van der Waals surface area contributed by atoms with Crippen molar-refractivity contribution in [1.29, 1.82) is 0 Å². The van der Waals surface area contributed by atoms with Crippen molar-refractivity contribution in [3.63, 3.8) is 0 Å². The molecule has 0 saturated heterocycles. The van der Waals surface area contributed by atoms with Gasteiger partial charge in [0.25, 0.3) is 5.91 Å². The van der Waals surface area contributed by atoms with Gasteiger partial charge in [-0.2, -0.15) is 9.78 Å². The van der Waals surface area contributed by atoms with Crippen LogP contribution in [0.2, 0.25) is 0 Å². The van der Waals surface area contributed by atoms with Crippen LogP contribution in [0, 0.1) is 0 Å². The summed E-state index contributed by atoms with van der Waals surface area (Å²) >= 11 is 0. The summed E-state index contributed by atoms with van der Waals surface area (Å²) in [6.07, 6.45) is 2.51. The third-order valence-corrected chi connectivity index (χ3v) is 1.99. The summed E-state index contributed by atoms with van der Waals surface area (Å²) in [5.74, 6) is -0.304. The standard InChI is InChI=1S/C11H18N6O3/c1-8(2)20-14-9(11(18)16(3)4)10(15-19-5)17-7-12-6-13-17/h6-8H,1-5H3. The lowest BCUT2D eigenvalue weighted by Gasteiger charge is -2.14. The Balaban J connectivity index is 3.22. The van der Waals surface area contributed by atoms with Gasteiger partial charge in [0.15, 0.2) is 0 Å². The van der Waals surface area contributed by atoms with Crippen LogP contribution >= 0.6 is 0 Å². The van der Waals surface area contributed by atoms with Gasteiger partial charge in [-0.15, -0.1) is 0 Å². The predicted molar refractivity (Wildman–Crippen MR) is 72.2 cm³/mol. The third kappa shape index (κ3) is 4.04. The summed E-state index contributed by atoms with van der Waals surface area (Å²) in [5, 5.41) is 11.5. The largest absolute Gasteiger partial charge is 0.397 e. The van der Waals surface area contributed by atoms with Gasteiger partial charge in [-0.3, -0.25) is 4.79 Å². The molecular formula is C11H18N6O3.